The Morgan fingerprint density at radius 3 is 2.68 bits per heavy atom. The summed E-state index contributed by atoms with van der Waals surface area (Å²) in [6, 6.07) is -0.983. The summed E-state index contributed by atoms with van der Waals surface area (Å²) >= 11 is 0. The molecule has 1 aromatic heterocycles. The van der Waals surface area contributed by atoms with Gasteiger partial charge in [-0.3, -0.25) is 9.48 Å². The molecule has 25 heavy (non-hydrogen) atoms. The van der Waals surface area contributed by atoms with Crippen molar-refractivity contribution in [2.45, 2.75) is 70.6 Å². The molecule has 1 saturated carbocycles. The lowest BCUT2D eigenvalue weighted by molar-refractivity contribution is -0.126. The van der Waals surface area contributed by atoms with Gasteiger partial charge in [-0.05, 0) is 33.1 Å². The van der Waals surface area contributed by atoms with Crippen LogP contribution in [0, 0.1) is 6.92 Å². The normalized spacial score (nSPS) is 27.5. The van der Waals surface area contributed by atoms with Crippen LogP contribution in [-0.2, 0) is 21.5 Å². The van der Waals surface area contributed by atoms with E-state index in [-0.39, 0.29) is 11.9 Å². The van der Waals surface area contributed by atoms with Crippen LogP contribution in [-0.4, -0.2) is 47.5 Å². The average molecular weight is 369 g/mol. The summed E-state index contributed by atoms with van der Waals surface area (Å²) in [5.41, 5.74) is 1.62. The fourth-order valence-corrected chi connectivity index (χ4v) is 4.98. The van der Waals surface area contributed by atoms with Gasteiger partial charge < -0.3 is 5.32 Å². The molecule has 1 aliphatic carbocycles. The number of hydrogen-bond donors (Lipinski definition) is 2. The predicted octanol–water partition coefficient (Wildman–Crippen LogP) is 0.850. The highest BCUT2D eigenvalue weighted by atomic mass is 32.2. The van der Waals surface area contributed by atoms with E-state index in [9.17, 15) is 13.2 Å². The predicted molar refractivity (Wildman–Crippen MR) is 94.0 cm³/mol. The number of carbonyl (C=O) groups excluding carboxylic acids is 1. The summed E-state index contributed by atoms with van der Waals surface area (Å²) in [7, 11) is -2.26. The van der Waals surface area contributed by atoms with Crippen LogP contribution in [0.25, 0.3) is 0 Å². The number of amides is 1. The van der Waals surface area contributed by atoms with Gasteiger partial charge in [0.05, 0.1) is 11.7 Å². The van der Waals surface area contributed by atoms with Crippen LogP contribution in [0.3, 0.4) is 0 Å². The van der Waals surface area contributed by atoms with Crippen LogP contribution in [0.2, 0.25) is 0 Å². The highest BCUT2D eigenvalue weighted by Gasteiger charge is 2.41. The molecule has 0 spiro atoms. The SMILES string of the molecule is CCn1cc([C@H]2C[C@H](C(=O)NC3CCCC3)N(C)S(=O)(=O)N2)c(C)n1. The second-order valence-electron chi connectivity index (χ2n) is 6.96. The van der Waals surface area contributed by atoms with E-state index >= 15 is 0 Å². The number of carbonyl (C=O) groups is 1. The van der Waals surface area contributed by atoms with Gasteiger partial charge in [0.25, 0.3) is 10.2 Å². The van der Waals surface area contributed by atoms with Crippen molar-refractivity contribution in [1.82, 2.24) is 24.1 Å². The third-order valence-electron chi connectivity index (χ3n) is 5.26. The number of nitrogens with one attached hydrogen (secondary N) is 2. The lowest BCUT2D eigenvalue weighted by atomic mass is 10.00. The molecule has 0 radical (unpaired) electrons. The largest absolute Gasteiger partial charge is 0.352 e. The second kappa shape index (κ2) is 7.05. The van der Waals surface area contributed by atoms with Gasteiger partial charge in [0.2, 0.25) is 5.91 Å². The first-order valence-corrected chi connectivity index (χ1v) is 10.4. The number of nitrogens with zero attached hydrogens (tertiary/aromatic N) is 3. The molecule has 1 saturated heterocycles. The quantitative estimate of drug-likeness (QED) is 0.822. The van der Waals surface area contributed by atoms with Crippen molar-refractivity contribution >= 4 is 16.1 Å². The lowest BCUT2D eigenvalue weighted by Crippen LogP contribution is -2.58. The van der Waals surface area contributed by atoms with Crippen molar-refractivity contribution in [2.24, 2.45) is 0 Å². The summed E-state index contributed by atoms with van der Waals surface area (Å²) in [6.07, 6.45) is 6.43. The maximum absolute atomic E-state index is 12.7. The maximum atomic E-state index is 12.7. The van der Waals surface area contributed by atoms with E-state index in [1.165, 1.54) is 7.05 Å². The van der Waals surface area contributed by atoms with Gasteiger partial charge in [-0.25, -0.2) is 0 Å². The second-order valence-corrected chi connectivity index (χ2v) is 8.72. The Morgan fingerprint density at radius 1 is 1.40 bits per heavy atom. The zero-order valence-corrected chi connectivity index (χ0v) is 15.8. The van der Waals surface area contributed by atoms with Crippen molar-refractivity contribution in [3.8, 4) is 0 Å². The van der Waals surface area contributed by atoms with Crippen molar-refractivity contribution in [1.29, 1.82) is 0 Å². The molecular formula is C16H27N5O3S. The van der Waals surface area contributed by atoms with Crippen molar-refractivity contribution in [3.05, 3.63) is 17.5 Å². The van der Waals surface area contributed by atoms with Gasteiger partial charge in [0.1, 0.15) is 6.04 Å². The monoisotopic (exact) mass is 369 g/mol. The highest BCUT2D eigenvalue weighted by Crippen LogP contribution is 2.30. The Labute approximate surface area is 149 Å². The number of hydrogen-bond acceptors (Lipinski definition) is 4. The molecule has 0 aromatic carbocycles. The van der Waals surface area contributed by atoms with E-state index in [2.05, 4.69) is 15.1 Å². The Hall–Kier alpha value is -1.45. The third kappa shape index (κ3) is 3.73. The first-order chi connectivity index (χ1) is 11.8. The molecule has 0 bridgehead atoms. The van der Waals surface area contributed by atoms with Crippen molar-refractivity contribution in [2.75, 3.05) is 7.05 Å². The molecule has 2 N–H and O–H groups in total. The van der Waals surface area contributed by atoms with Crippen LogP contribution in [0.15, 0.2) is 6.20 Å². The van der Waals surface area contributed by atoms with E-state index in [1.54, 1.807) is 4.68 Å². The number of likely N-dealkylation sites (N-methyl/N-ethyl adjacent to an activating group) is 1. The van der Waals surface area contributed by atoms with E-state index < -0.39 is 22.3 Å². The summed E-state index contributed by atoms with van der Waals surface area (Å²) in [5.74, 6) is -0.204. The van der Waals surface area contributed by atoms with Gasteiger partial charge in [-0.1, -0.05) is 12.8 Å². The van der Waals surface area contributed by atoms with Crippen LogP contribution >= 0.6 is 0 Å². The van der Waals surface area contributed by atoms with Crippen molar-refractivity contribution in [3.63, 3.8) is 0 Å². The molecule has 0 unspecified atom stereocenters. The molecule has 2 aliphatic rings. The first-order valence-electron chi connectivity index (χ1n) is 8.91. The average Bonchev–Trinajstić information content (AvgIpc) is 3.19. The lowest BCUT2D eigenvalue weighted by Gasteiger charge is -2.36. The molecule has 140 valence electrons. The Balaban J connectivity index is 1.82. The summed E-state index contributed by atoms with van der Waals surface area (Å²) in [4.78, 5) is 12.7. The summed E-state index contributed by atoms with van der Waals surface area (Å²) in [6.45, 7) is 4.56. The van der Waals surface area contributed by atoms with E-state index in [4.69, 9.17) is 0 Å². The Morgan fingerprint density at radius 2 is 2.08 bits per heavy atom. The van der Waals surface area contributed by atoms with Crippen molar-refractivity contribution < 1.29 is 13.2 Å². The molecule has 2 fully saturated rings. The summed E-state index contributed by atoms with van der Waals surface area (Å²) < 4.78 is 30.6. The standard InChI is InChI=1S/C16H27N5O3S/c1-4-21-10-13(11(2)18-21)14-9-15(20(3)25(23,24)19-14)16(22)17-12-7-5-6-8-12/h10,12,14-15,19H,4-9H2,1-3H3,(H,17,22)/t14-,15-/m1/s1. The third-order valence-corrected chi connectivity index (χ3v) is 6.85. The molecule has 8 nitrogen and oxygen atoms in total. The molecule has 3 rings (SSSR count). The maximum Gasteiger partial charge on any atom is 0.280 e. The topological polar surface area (TPSA) is 96.3 Å². The zero-order valence-electron chi connectivity index (χ0n) is 15.0. The number of aryl methyl sites for hydroxylation is 2. The Bertz CT molecular complexity index is 739. The fraction of sp³-hybridized carbons (Fsp3) is 0.750. The minimum atomic E-state index is -3.72. The van der Waals surface area contributed by atoms with E-state index in [0.29, 0.717) is 13.0 Å². The fourth-order valence-electron chi connectivity index (χ4n) is 3.72. The molecular weight excluding hydrogens is 342 g/mol. The molecule has 1 amide bonds. The van der Waals surface area contributed by atoms with Gasteiger partial charge >= 0.3 is 0 Å². The smallest absolute Gasteiger partial charge is 0.280 e. The van der Waals surface area contributed by atoms with Gasteiger partial charge in [-0.15, -0.1) is 0 Å². The van der Waals surface area contributed by atoms with Crippen LogP contribution in [0.4, 0.5) is 0 Å². The van der Waals surface area contributed by atoms with E-state index in [0.717, 1.165) is 41.2 Å². The number of aromatic nitrogens is 2. The van der Waals surface area contributed by atoms with Crippen LogP contribution in [0.1, 0.15) is 56.3 Å². The highest BCUT2D eigenvalue weighted by molar-refractivity contribution is 7.87. The molecule has 1 aliphatic heterocycles. The van der Waals surface area contributed by atoms with Gasteiger partial charge in [0.15, 0.2) is 0 Å². The van der Waals surface area contributed by atoms with E-state index in [1.807, 2.05) is 20.0 Å². The first kappa shape index (κ1) is 18.3. The zero-order chi connectivity index (χ0) is 18.2. The van der Waals surface area contributed by atoms with Gasteiger partial charge in [-0.2, -0.15) is 22.5 Å². The number of rotatable bonds is 4. The molecule has 9 heteroatoms. The molecule has 2 atom stereocenters. The molecule has 1 aromatic rings. The molecule has 2 heterocycles. The Kier molecular flexibility index (Phi) is 5.17. The van der Waals surface area contributed by atoms with Gasteiger partial charge in [0, 0.05) is 31.4 Å². The minimum absolute atomic E-state index is 0.168. The summed E-state index contributed by atoms with van der Waals surface area (Å²) in [5, 5.41) is 7.42. The van der Waals surface area contributed by atoms with Crippen LogP contribution < -0.4 is 10.0 Å². The van der Waals surface area contributed by atoms with Crippen LogP contribution in [0.5, 0.6) is 0 Å². The minimum Gasteiger partial charge on any atom is -0.352 e.